The van der Waals surface area contributed by atoms with Crippen molar-refractivity contribution >= 4 is 22.5 Å². The number of nitrogens with one attached hydrogen (secondary N) is 1. The third-order valence-corrected chi connectivity index (χ3v) is 4.11. The van der Waals surface area contributed by atoms with Crippen LogP contribution in [0.2, 0.25) is 0 Å². The summed E-state index contributed by atoms with van der Waals surface area (Å²) in [4.78, 5) is 17.1. The lowest BCUT2D eigenvalue weighted by Crippen LogP contribution is -2.26. The number of carbonyl (C=O) groups excluding carboxylic acids is 1. The number of nitrogens with zero attached hydrogens (tertiary/aromatic N) is 4. The van der Waals surface area contributed by atoms with E-state index in [2.05, 4.69) is 20.5 Å². The Labute approximate surface area is 144 Å². The lowest BCUT2D eigenvalue weighted by Gasteiger charge is -2.08. The first-order valence-electron chi connectivity index (χ1n) is 8.15. The average molecular weight is 331 g/mol. The van der Waals surface area contributed by atoms with Crippen LogP contribution < -0.4 is 5.32 Å². The van der Waals surface area contributed by atoms with Crippen molar-refractivity contribution in [1.82, 2.24) is 24.9 Å². The van der Waals surface area contributed by atoms with Gasteiger partial charge in [-0.2, -0.15) is 0 Å². The SMILES string of the molecule is Cc1cc(C(=O)NCCc2nnc3ccccn23)c2ccccc2n1. The number of carbonyl (C=O) groups is 1. The molecule has 0 saturated heterocycles. The molecule has 3 aromatic heterocycles. The molecule has 0 aliphatic carbocycles. The summed E-state index contributed by atoms with van der Waals surface area (Å²) in [5.74, 6) is 0.724. The second-order valence-corrected chi connectivity index (χ2v) is 5.88. The minimum Gasteiger partial charge on any atom is -0.352 e. The van der Waals surface area contributed by atoms with E-state index in [0.717, 1.165) is 28.1 Å². The maximum Gasteiger partial charge on any atom is 0.252 e. The first-order chi connectivity index (χ1) is 12.2. The molecule has 0 aliphatic heterocycles. The van der Waals surface area contributed by atoms with Gasteiger partial charge in [0.1, 0.15) is 5.82 Å². The standard InChI is InChI=1S/C19H17N5O/c1-13-12-15(14-6-2-3-7-16(14)21-13)19(25)20-10-9-18-23-22-17-8-4-5-11-24(17)18/h2-8,11-12H,9-10H2,1H3,(H,20,25). The van der Waals surface area contributed by atoms with E-state index in [4.69, 9.17) is 0 Å². The number of rotatable bonds is 4. The molecule has 0 aliphatic rings. The minimum atomic E-state index is -0.101. The molecule has 6 nitrogen and oxygen atoms in total. The van der Waals surface area contributed by atoms with Crippen molar-refractivity contribution in [3.63, 3.8) is 0 Å². The predicted molar refractivity (Wildman–Crippen MR) is 95.5 cm³/mol. The third kappa shape index (κ3) is 2.94. The predicted octanol–water partition coefficient (Wildman–Crippen LogP) is 2.56. The first-order valence-corrected chi connectivity index (χ1v) is 8.15. The van der Waals surface area contributed by atoms with E-state index < -0.39 is 0 Å². The van der Waals surface area contributed by atoms with E-state index in [1.165, 1.54) is 0 Å². The molecule has 124 valence electrons. The van der Waals surface area contributed by atoms with Gasteiger partial charge in [-0.15, -0.1) is 10.2 Å². The Morgan fingerprint density at radius 3 is 2.88 bits per heavy atom. The van der Waals surface area contributed by atoms with Crippen molar-refractivity contribution in [3.8, 4) is 0 Å². The molecular formula is C19H17N5O. The summed E-state index contributed by atoms with van der Waals surface area (Å²) in [5, 5.41) is 12.1. The van der Waals surface area contributed by atoms with E-state index in [1.807, 2.05) is 66.1 Å². The summed E-state index contributed by atoms with van der Waals surface area (Å²) in [6, 6.07) is 15.3. The Morgan fingerprint density at radius 2 is 1.96 bits per heavy atom. The summed E-state index contributed by atoms with van der Waals surface area (Å²) in [6.45, 7) is 2.38. The maximum absolute atomic E-state index is 12.6. The lowest BCUT2D eigenvalue weighted by atomic mass is 10.1. The monoisotopic (exact) mass is 331 g/mol. The second kappa shape index (κ2) is 6.32. The molecule has 0 saturated carbocycles. The van der Waals surface area contributed by atoms with Crippen LogP contribution in [0.5, 0.6) is 0 Å². The highest BCUT2D eigenvalue weighted by Crippen LogP contribution is 2.18. The number of pyridine rings is 2. The van der Waals surface area contributed by atoms with Crippen LogP contribution in [-0.4, -0.2) is 32.0 Å². The Hall–Kier alpha value is -3.28. The summed E-state index contributed by atoms with van der Waals surface area (Å²) in [5.41, 5.74) is 3.11. The molecule has 25 heavy (non-hydrogen) atoms. The number of benzene rings is 1. The number of fused-ring (bicyclic) bond motifs is 2. The van der Waals surface area contributed by atoms with Crippen LogP contribution in [0.3, 0.4) is 0 Å². The van der Waals surface area contributed by atoms with Crippen molar-refractivity contribution < 1.29 is 4.79 Å². The van der Waals surface area contributed by atoms with Crippen LogP contribution in [0, 0.1) is 6.92 Å². The Bertz CT molecular complexity index is 1070. The molecule has 3 heterocycles. The van der Waals surface area contributed by atoms with E-state index in [1.54, 1.807) is 0 Å². The second-order valence-electron chi connectivity index (χ2n) is 5.88. The molecular weight excluding hydrogens is 314 g/mol. The smallest absolute Gasteiger partial charge is 0.252 e. The topological polar surface area (TPSA) is 72.2 Å². The van der Waals surface area contributed by atoms with E-state index in [-0.39, 0.29) is 5.91 Å². The van der Waals surface area contributed by atoms with Gasteiger partial charge in [0.2, 0.25) is 0 Å². The molecule has 0 atom stereocenters. The van der Waals surface area contributed by atoms with E-state index >= 15 is 0 Å². The van der Waals surface area contributed by atoms with Crippen molar-refractivity contribution in [1.29, 1.82) is 0 Å². The molecule has 6 heteroatoms. The average Bonchev–Trinajstić information content (AvgIpc) is 3.04. The molecule has 1 N–H and O–H groups in total. The van der Waals surface area contributed by atoms with Crippen molar-refractivity contribution in [2.24, 2.45) is 0 Å². The summed E-state index contributed by atoms with van der Waals surface area (Å²) < 4.78 is 1.93. The number of hydrogen-bond acceptors (Lipinski definition) is 4. The van der Waals surface area contributed by atoms with Gasteiger partial charge in [0, 0.05) is 30.2 Å². The summed E-state index contributed by atoms with van der Waals surface area (Å²) in [6.07, 6.45) is 2.53. The van der Waals surface area contributed by atoms with Crippen LogP contribution >= 0.6 is 0 Å². The summed E-state index contributed by atoms with van der Waals surface area (Å²) >= 11 is 0. The highest BCUT2D eigenvalue weighted by Gasteiger charge is 2.12. The highest BCUT2D eigenvalue weighted by atomic mass is 16.1. The maximum atomic E-state index is 12.6. The van der Waals surface area contributed by atoms with Gasteiger partial charge >= 0.3 is 0 Å². The van der Waals surface area contributed by atoms with Crippen LogP contribution in [0.25, 0.3) is 16.6 Å². The zero-order valence-corrected chi connectivity index (χ0v) is 13.8. The van der Waals surface area contributed by atoms with Crippen LogP contribution in [0.4, 0.5) is 0 Å². The van der Waals surface area contributed by atoms with E-state index in [0.29, 0.717) is 18.5 Å². The molecule has 0 spiro atoms. The van der Waals surface area contributed by atoms with Crippen LogP contribution in [-0.2, 0) is 6.42 Å². The van der Waals surface area contributed by atoms with Crippen molar-refractivity contribution in [2.75, 3.05) is 6.54 Å². The fourth-order valence-electron chi connectivity index (χ4n) is 2.94. The molecule has 0 fully saturated rings. The largest absolute Gasteiger partial charge is 0.352 e. The first kappa shape index (κ1) is 15.3. The number of para-hydroxylation sites is 1. The van der Waals surface area contributed by atoms with Gasteiger partial charge in [-0.1, -0.05) is 24.3 Å². The number of hydrogen-bond donors (Lipinski definition) is 1. The van der Waals surface area contributed by atoms with Gasteiger partial charge in [-0.05, 0) is 31.2 Å². The van der Waals surface area contributed by atoms with Crippen LogP contribution in [0.1, 0.15) is 21.9 Å². The molecule has 0 unspecified atom stereocenters. The Morgan fingerprint density at radius 1 is 1.12 bits per heavy atom. The molecule has 4 aromatic rings. The molecule has 1 amide bonds. The van der Waals surface area contributed by atoms with Gasteiger partial charge < -0.3 is 5.32 Å². The fraction of sp³-hybridized carbons (Fsp3) is 0.158. The fourth-order valence-corrected chi connectivity index (χ4v) is 2.94. The quantitative estimate of drug-likeness (QED) is 0.624. The molecule has 4 rings (SSSR count). The number of amides is 1. The van der Waals surface area contributed by atoms with E-state index in [9.17, 15) is 4.79 Å². The summed E-state index contributed by atoms with van der Waals surface area (Å²) in [7, 11) is 0. The van der Waals surface area contributed by atoms with Gasteiger partial charge in [0.25, 0.3) is 5.91 Å². The van der Waals surface area contributed by atoms with Crippen LogP contribution in [0.15, 0.2) is 54.7 Å². The lowest BCUT2D eigenvalue weighted by molar-refractivity contribution is 0.0955. The van der Waals surface area contributed by atoms with Gasteiger partial charge in [-0.25, -0.2) is 0 Å². The van der Waals surface area contributed by atoms with Gasteiger partial charge in [-0.3, -0.25) is 14.2 Å². The Balaban J connectivity index is 1.51. The number of aromatic nitrogens is 4. The molecule has 0 radical (unpaired) electrons. The molecule has 0 bridgehead atoms. The zero-order chi connectivity index (χ0) is 17.2. The normalized spacial score (nSPS) is 11.1. The minimum absolute atomic E-state index is 0.101. The number of aryl methyl sites for hydroxylation is 1. The van der Waals surface area contributed by atoms with Gasteiger partial charge in [0.05, 0.1) is 11.1 Å². The Kier molecular flexibility index (Phi) is 3.85. The highest BCUT2D eigenvalue weighted by molar-refractivity contribution is 6.06. The van der Waals surface area contributed by atoms with Gasteiger partial charge in [0.15, 0.2) is 5.65 Å². The zero-order valence-electron chi connectivity index (χ0n) is 13.8. The van der Waals surface area contributed by atoms with Crippen molar-refractivity contribution in [2.45, 2.75) is 13.3 Å². The third-order valence-electron chi connectivity index (χ3n) is 4.11. The van der Waals surface area contributed by atoms with Crippen molar-refractivity contribution in [3.05, 3.63) is 71.8 Å². The molecule has 1 aromatic carbocycles.